The summed E-state index contributed by atoms with van der Waals surface area (Å²) in [6.07, 6.45) is 0.487. The van der Waals surface area contributed by atoms with Crippen molar-refractivity contribution in [1.82, 2.24) is 0 Å². The van der Waals surface area contributed by atoms with Crippen LogP contribution < -0.4 is 0 Å². The summed E-state index contributed by atoms with van der Waals surface area (Å²) in [7, 11) is 1.34. The van der Waals surface area contributed by atoms with Crippen LogP contribution in [0.2, 0.25) is 0 Å². The summed E-state index contributed by atoms with van der Waals surface area (Å²) >= 11 is 5.25. The lowest BCUT2D eigenvalue weighted by Crippen LogP contribution is -2.17. The van der Waals surface area contributed by atoms with Crippen molar-refractivity contribution in [3.63, 3.8) is 0 Å². The average Bonchev–Trinajstić information content (AvgIpc) is 2.02. The van der Waals surface area contributed by atoms with E-state index in [1.807, 2.05) is 13.8 Å². The van der Waals surface area contributed by atoms with Gasteiger partial charge in [0.25, 0.3) is 0 Å². The highest BCUT2D eigenvalue weighted by Gasteiger charge is 2.20. The molecule has 0 heterocycles. The van der Waals surface area contributed by atoms with Crippen LogP contribution in [0.15, 0.2) is 0 Å². The second kappa shape index (κ2) is 5.97. The van der Waals surface area contributed by atoms with Gasteiger partial charge >= 0.3 is 5.97 Å². The van der Waals surface area contributed by atoms with Crippen molar-refractivity contribution in [3.8, 4) is 0 Å². The number of carbonyl (C=O) groups excluding carboxylic acids is 2. The fourth-order valence-electron chi connectivity index (χ4n) is 1.05. The quantitative estimate of drug-likeness (QED) is 0.510. The van der Waals surface area contributed by atoms with E-state index in [-0.39, 0.29) is 30.6 Å². The van der Waals surface area contributed by atoms with E-state index in [0.717, 1.165) is 0 Å². The van der Waals surface area contributed by atoms with Gasteiger partial charge in [-0.1, -0.05) is 13.8 Å². The maximum atomic E-state index is 10.9. The summed E-state index contributed by atoms with van der Waals surface area (Å²) < 4.78 is 4.52. The monoisotopic (exact) mass is 206 g/mol. The highest BCUT2D eigenvalue weighted by atomic mass is 35.5. The predicted octanol–water partition coefficient (Wildman–Crippen LogP) is 1.98. The molecule has 3 nitrogen and oxygen atoms in total. The molecule has 0 aliphatic rings. The van der Waals surface area contributed by atoms with Gasteiger partial charge in [0.05, 0.1) is 7.11 Å². The van der Waals surface area contributed by atoms with Crippen molar-refractivity contribution in [2.75, 3.05) is 7.11 Å². The van der Waals surface area contributed by atoms with Crippen molar-refractivity contribution in [3.05, 3.63) is 0 Å². The maximum Gasteiger partial charge on any atom is 0.305 e. The van der Waals surface area contributed by atoms with Gasteiger partial charge in [0.1, 0.15) is 0 Å². The van der Waals surface area contributed by atoms with Gasteiger partial charge in [-0.05, 0) is 23.4 Å². The van der Waals surface area contributed by atoms with Crippen molar-refractivity contribution in [1.29, 1.82) is 0 Å². The van der Waals surface area contributed by atoms with E-state index < -0.39 is 5.24 Å². The van der Waals surface area contributed by atoms with Crippen LogP contribution in [0.1, 0.15) is 26.7 Å². The molecule has 4 heteroatoms. The van der Waals surface area contributed by atoms with E-state index in [4.69, 9.17) is 11.6 Å². The van der Waals surface area contributed by atoms with Crippen LogP contribution in [0.5, 0.6) is 0 Å². The van der Waals surface area contributed by atoms with E-state index >= 15 is 0 Å². The van der Waals surface area contributed by atoms with Crippen molar-refractivity contribution in [2.24, 2.45) is 11.8 Å². The van der Waals surface area contributed by atoms with Gasteiger partial charge < -0.3 is 4.74 Å². The first-order valence-corrected chi connectivity index (χ1v) is 4.60. The summed E-state index contributed by atoms with van der Waals surface area (Å²) in [5.41, 5.74) is 0. The third-order valence-corrected chi connectivity index (χ3v) is 2.18. The molecule has 0 bridgehead atoms. The van der Waals surface area contributed by atoms with Crippen LogP contribution >= 0.6 is 11.6 Å². The molecule has 0 radical (unpaired) electrons. The normalized spacial score (nSPS) is 12.7. The van der Waals surface area contributed by atoms with Gasteiger partial charge in [-0.3, -0.25) is 9.59 Å². The van der Waals surface area contributed by atoms with E-state index in [1.54, 1.807) is 0 Å². The molecule has 0 aromatic rings. The Hall–Kier alpha value is -0.570. The van der Waals surface area contributed by atoms with E-state index in [9.17, 15) is 9.59 Å². The molecular formula is C9H15ClO3. The molecule has 0 aliphatic carbocycles. The van der Waals surface area contributed by atoms with Crippen molar-refractivity contribution < 1.29 is 14.3 Å². The molecule has 0 aliphatic heterocycles. The van der Waals surface area contributed by atoms with Gasteiger partial charge in [0, 0.05) is 12.8 Å². The zero-order valence-corrected chi connectivity index (χ0v) is 8.93. The Kier molecular flexibility index (Phi) is 5.71. The van der Waals surface area contributed by atoms with Crippen LogP contribution in [0.4, 0.5) is 0 Å². The molecule has 0 N–H and O–H groups in total. The first-order chi connectivity index (χ1) is 5.97. The van der Waals surface area contributed by atoms with Gasteiger partial charge in [0.2, 0.25) is 5.24 Å². The largest absolute Gasteiger partial charge is 0.469 e. The summed E-state index contributed by atoms with van der Waals surface area (Å²) in [6.45, 7) is 3.90. The zero-order valence-electron chi connectivity index (χ0n) is 8.17. The number of ether oxygens (including phenoxy) is 1. The summed E-state index contributed by atoms with van der Waals surface area (Å²) in [5, 5.41) is -0.400. The van der Waals surface area contributed by atoms with Gasteiger partial charge in [-0.15, -0.1) is 0 Å². The second-order valence-corrected chi connectivity index (χ2v) is 3.77. The number of methoxy groups -OCH3 is 1. The molecule has 0 spiro atoms. The summed E-state index contributed by atoms with van der Waals surface area (Å²) in [6, 6.07) is 0. The van der Waals surface area contributed by atoms with Gasteiger partial charge in [0.15, 0.2) is 0 Å². The molecular weight excluding hydrogens is 192 g/mol. The lowest BCUT2D eigenvalue weighted by atomic mass is 9.90. The highest BCUT2D eigenvalue weighted by Crippen LogP contribution is 2.20. The molecule has 0 amide bonds. The van der Waals surface area contributed by atoms with Crippen LogP contribution in [0.3, 0.4) is 0 Å². The Balaban J connectivity index is 4.09. The fourth-order valence-corrected chi connectivity index (χ4v) is 1.25. The SMILES string of the molecule is COC(=O)CC(CC(=O)Cl)C(C)C. The molecule has 0 saturated carbocycles. The molecule has 1 unspecified atom stereocenters. The molecule has 0 fully saturated rings. The predicted molar refractivity (Wildman–Crippen MR) is 50.4 cm³/mol. The van der Waals surface area contributed by atoms with Crippen molar-refractivity contribution >= 4 is 22.8 Å². The molecule has 0 rings (SSSR count). The van der Waals surface area contributed by atoms with Gasteiger partial charge in [-0.25, -0.2) is 0 Å². The smallest absolute Gasteiger partial charge is 0.305 e. The van der Waals surface area contributed by atoms with Gasteiger partial charge in [-0.2, -0.15) is 0 Å². The first kappa shape index (κ1) is 12.4. The second-order valence-electron chi connectivity index (χ2n) is 3.34. The minimum absolute atomic E-state index is 0.0163. The van der Waals surface area contributed by atoms with E-state index in [0.29, 0.717) is 0 Å². The third-order valence-electron chi connectivity index (χ3n) is 2.02. The average molecular weight is 207 g/mol. The molecule has 0 saturated heterocycles. The van der Waals surface area contributed by atoms with Crippen LogP contribution in [0, 0.1) is 11.8 Å². The highest BCUT2D eigenvalue weighted by molar-refractivity contribution is 6.63. The maximum absolute atomic E-state index is 10.9. The molecule has 1 atom stereocenters. The number of hydrogen-bond acceptors (Lipinski definition) is 3. The topological polar surface area (TPSA) is 43.4 Å². The zero-order chi connectivity index (χ0) is 10.4. The summed E-state index contributed by atoms with van der Waals surface area (Å²) in [5.74, 6) is -0.0594. The molecule has 76 valence electrons. The number of hydrogen-bond donors (Lipinski definition) is 0. The first-order valence-electron chi connectivity index (χ1n) is 4.22. The Morgan fingerprint density at radius 2 is 1.85 bits per heavy atom. The fraction of sp³-hybridized carbons (Fsp3) is 0.778. The number of esters is 1. The van der Waals surface area contributed by atoms with Crippen LogP contribution in [-0.4, -0.2) is 18.3 Å². The number of rotatable bonds is 5. The Labute approximate surface area is 83.4 Å². The minimum atomic E-state index is -0.400. The third kappa shape index (κ3) is 5.64. The standard InChI is InChI=1S/C9H15ClO3/c1-6(2)7(4-8(10)11)5-9(12)13-3/h6-7H,4-5H2,1-3H3. The lowest BCUT2D eigenvalue weighted by Gasteiger charge is -2.17. The summed E-state index contributed by atoms with van der Waals surface area (Å²) in [4.78, 5) is 21.6. The molecule has 0 aromatic heterocycles. The molecule has 13 heavy (non-hydrogen) atoms. The Morgan fingerprint density at radius 3 is 2.15 bits per heavy atom. The lowest BCUT2D eigenvalue weighted by molar-refractivity contribution is -0.142. The van der Waals surface area contributed by atoms with E-state index in [1.165, 1.54) is 7.11 Å². The van der Waals surface area contributed by atoms with Crippen LogP contribution in [0.25, 0.3) is 0 Å². The minimum Gasteiger partial charge on any atom is -0.469 e. The van der Waals surface area contributed by atoms with Crippen molar-refractivity contribution in [2.45, 2.75) is 26.7 Å². The number of halogens is 1. The van der Waals surface area contributed by atoms with E-state index in [2.05, 4.69) is 4.74 Å². The molecule has 0 aromatic carbocycles. The Morgan fingerprint density at radius 1 is 1.31 bits per heavy atom. The van der Waals surface area contributed by atoms with Crippen LogP contribution in [-0.2, 0) is 14.3 Å². The Bertz CT molecular complexity index is 189. The number of carbonyl (C=O) groups is 2.